The van der Waals surface area contributed by atoms with Crippen LogP contribution in [0.25, 0.3) is 16.7 Å². The van der Waals surface area contributed by atoms with Crippen molar-refractivity contribution < 1.29 is 43.5 Å². The number of halogens is 1. The summed E-state index contributed by atoms with van der Waals surface area (Å²) in [5.41, 5.74) is 2.35. The number of pyridine rings is 1. The van der Waals surface area contributed by atoms with Crippen molar-refractivity contribution in [3.63, 3.8) is 0 Å². The minimum atomic E-state index is -0.207. The van der Waals surface area contributed by atoms with E-state index in [0.29, 0.717) is 42.6 Å². The molecule has 132 valence electrons. The number of fused-ring (bicyclic) bond motifs is 4. The number of hydroxylamine groups is 3. The molecule has 1 aromatic carbocycles. The summed E-state index contributed by atoms with van der Waals surface area (Å²) >= 11 is 0. The van der Waals surface area contributed by atoms with Crippen LogP contribution < -0.4 is 33.7 Å². The van der Waals surface area contributed by atoms with Gasteiger partial charge in [0.05, 0.1) is 5.39 Å². The number of aryl methyl sites for hydroxylation is 1. The smallest absolute Gasteiger partial charge is 0.212 e. The Kier molecular flexibility index (Phi) is 4.92. The Morgan fingerprint density at radius 2 is 2.12 bits per heavy atom. The Balaban J connectivity index is 0.00000182. The van der Waals surface area contributed by atoms with Crippen LogP contribution >= 0.6 is 0 Å². The summed E-state index contributed by atoms with van der Waals surface area (Å²) in [6.07, 6.45) is 5.48. The molecule has 1 unspecified atom stereocenters. The molecule has 3 saturated heterocycles. The zero-order valence-corrected chi connectivity index (χ0v) is 16.5. The highest BCUT2D eigenvalue weighted by atomic mass is 127. The molecule has 5 rings (SSSR count). The van der Waals surface area contributed by atoms with Gasteiger partial charge in [0, 0.05) is 30.9 Å². The fourth-order valence-corrected chi connectivity index (χ4v) is 4.37. The van der Waals surface area contributed by atoms with E-state index in [1.807, 2.05) is 54.2 Å². The van der Waals surface area contributed by atoms with Gasteiger partial charge >= 0.3 is 0 Å². The molecular formula is C20H23IN2O2. The maximum atomic E-state index is 13.3. The molecule has 1 N–H and O–H groups in total. The molecule has 1 aromatic heterocycles. The maximum Gasteiger partial charge on any atom is 0.212 e. The molecule has 3 aliphatic rings. The van der Waals surface area contributed by atoms with Crippen LogP contribution in [0.2, 0.25) is 0 Å². The molecule has 5 heteroatoms. The molecule has 2 bridgehead atoms. The van der Waals surface area contributed by atoms with Gasteiger partial charge in [-0.2, -0.15) is 4.65 Å². The average Bonchev–Trinajstić information content (AvgIpc) is 2.61. The normalized spacial score (nSPS) is 30.0. The summed E-state index contributed by atoms with van der Waals surface area (Å²) in [7, 11) is 1.98. The number of nitrogens with zero attached hydrogens (tertiary/aromatic N) is 2. The first kappa shape index (κ1) is 18.4. The van der Waals surface area contributed by atoms with E-state index in [9.17, 15) is 10.3 Å². The summed E-state index contributed by atoms with van der Waals surface area (Å²) in [5, 5.41) is 25.3. The average molecular weight is 450 g/mol. The van der Waals surface area contributed by atoms with Gasteiger partial charge in [-0.15, -0.1) is 6.58 Å². The third kappa shape index (κ3) is 2.88. The second-order valence-corrected chi connectivity index (χ2v) is 7.11. The molecule has 4 nitrogen and oxygen atoms in total. The topological polar surface area (TPSA) is 47.2 Å². The molecule has 3 aliphatic heterocycles. The van der Waals surface area contributed by atoms with Crippen molar-refractivity contribution >= 4 is 16.7 Å². The Labute approximate surface area is 165 Å². The fourth-order valence-electron chi connectivity index (χ4n) is 4.37. The van der Waals surface area contributed by atoms with Crippen molar-refractivity contribution in [1.82, 2.24) is 0 Å². The number of rotatable bonds is 2. The molecular weight excluding hydrogens is 427 g/mol. The minimum Gasteiger partial charge on any atom is -1.00 e. The first-order valence-electron chi connectivity index (χ1n) is 8.54. The summed E-state index contributed by atoms with van der Waals surface area (Å²) < 4.78 is 1.81. The fraction of sp³-hybridized carbons (Fsp3) is 0.350. The molecule has 0 spiro atoms. The Morgan fingerprint density at radius 1 is 1.36 bits per heavy atom. The maximum absolute atomic E-state index is 13.3. The highest BCUT2D eigenvalue weighted by Crippen LogP contribution is 2.45. The van der Waals surface area contributed by atoms with Crippen molar-refractivity contribution in [2.24, 2.45) is 18.9 Å². The van der Waals surface area contributed by atoms with E-state index < -0.39 is 0 Å². The van der Waals surface area contributed by atoms with Crippen molar-refractivity contribution in [1.29, 1.82) is 0 Å². The second-order valence-electron chi connectivity index (χ2n) is 7.11. The standard InChI is InChI=1S/C20H23N2O2.HI/c1-3-14-13-22(24)11-9-15(14)12-19(22)20(23)17-8-10-21(2)18-7-5-4-6-16(17)18;/h3-8,10,14-15,24H,1,9,11-13H2,2H3;1H/q+1;/p-1/b20-19-;/t14-,15-,22?;/m0./s1. The number of para-hydroxylation sites is 1. The summed E-state index contributed by atoms with van der Waals surface area (Å²) in [4.78, 5) is 0. The van der Waals surface area contributed by atoms with Gasteiger partial charge < -0.3 is 29.1 Å². The first-order chi connectivity index (χ1) is 11.5. The van der Waals surface area contributed by atoms with Gasteiger partial charge in [-0.1, -0.05) is 18.2 Å². The van der Waals surface area contributed by atoms with Crippen LogP contribution in [0.1, 0.15) is 18.4 Å². The van der Waals surface area contributed by atoms with E-state index >= 15 is 0 Å². The van der Waals surface area contributed by atoms with E-state index in [1.165, 1.54) is 0 Å². The van der Waals surface area contributed by atoms with Crippen LogP contribution in [0.5, 0.6) is 0 Å². The lowest BCUT2D eigenvalue weighted by Crippen LogP contribution is -3.00. The van der Waals surface area contributed by atoms with Gasteiger partial charge in [0.2, 0.25) is 5.52 Å². The molecule has 0 amide bonds. The second kappa shape index (κ2) is 6.70. The molecule has 25 heavy (non-hydrogen) atoms. The number of piperidine rings is 3. The van der Waals surface area contributed by atoms with Crippen LogP contribution in [0, 0.1) is 11.8 Å². The zero-order chi connectivity index (χ0) is 16.9. The zero-order valence-electron chi connectivity index (χ0n) is 14.4. The SMILES string of the molecule is C=C[C@H]1C[N+]2(O)CC[C@H]1C/C2=C(/[O-])c1cc[n+](C)c2ccccc12.[I-]. The van der Waals surface area contributed by atoms with Crippen LogP contribution in [0.4, 0.5) is 0 Å². The lowest BCUT2D eigenvalue weighted by molar-refractivity contribution is -1.08. The van der Waals surface area contributed by atoms with E-state index in [2.05, 4.69) is 6.58 Å². The van der Waals surface area contributed by atoms with Gasteiger partial charge in [-0.25, -0.2) is 9.77 Å². The van der Waals surface area contributed by atoms with Crippen LogP contribution in [0.15, 0.2) is 54.9 Å². The van der Waals surface area contributed by atoms with Crippen molar-refractivity contribution in [3.8, 4) is 0 Å². The summed E-state index contributed by atoms with van der Waals surface area (Å²) in [6.45, 7) is 5.11. The monoisotopic (exact) mass is 450 g/mol. The lowest BCUT2D eigenvalue weighted by atomic mass is 9.76. The van der Waals surface area contributed by atoms with Crippen molar-refractivity contribution in [3.05, 3.63) is 60.4 Å². The van der Waals surface area contributed by atoms with Crippen LogP contribution in [0.3, 0.4) is 0 Å². The van der Waals surface area contributed by atoms with Crippen molar-refractivity contribution in [2.45, 2.75) is 12.8 Å². The van der Waals surface area contributed by atoms with Gasteiger partial charge in [0.15, 0.2) is 6.20 Å². The van der Waals surface area contributed by atoms with E-state index in [1.54, 1.807) is 0 Å². The number of hydrogen-bond acceptors (Lipinski definition) is 2. The highest BCUT2D eigenvalue weighted by molar-refractivity contribution is 5.87. The number of allylic oxidation sites excluding steroid dienone is 1. The third-order valence-corrected chi connectivity index (χ3v) is 5.79. The lowest BCUT2D eigenvalue weighted by Gasteiger charge is -2.49. The Bertz CT molecular complexity index is 864. The molecule has 0 radical (unpaired) electrons. The Hall–Kier alpha value is -1.44. The molecule has 3 fully saturated rings. The minimum absolute atomic E-state index is 0. The largest absolute Gasteiger partial charge is 1.00 e. The number of hydrogen-bond donors (Lipinski definition) is 1. The molecule has 0 saturated carbocycles. The van der Waals surface area contributed by atoms with E-state index in [4.69, 9.17) is 0 Å². The number of aromatic nitrogens is 1. The quantitative estimate of drug-likeness (QED) is 0.213. The van der Waals surface area contributed by atoms with E-state index in [-0.39, 0.29) is 34.4 Å². The van der Waals surface area contributed by atoms with Gasteiger partial charge in [0.1, 0.15) is 25.8 Å². The highest BCUT2D eigenvalue weighted by Gasteiger charge is 2.49. The molecule has 4 heterocycles. The molecule has 3 atom stereocenters. The Morgan fingerprint density at radius 3 is 2.84 bits per heavy atom. The van der Waals surface area contributed by atoms with Gasteiger partial charge in [0.25, 0.3) is 0 Å². The van der Waals surface area contributed by atoms with Gasteiger partial charge in [-0.3, -0.25) is 0 Å². The predicted octanol–water partition coefficient (Wildman–Crippen LogP) is -0.871. The number of quaternary nitrogens is 1. The van der Waals surface area contributed by atoms with Crippen molar-refractivity contribution in [2.75, 3.05) is 13.1 Å². The van der Waals surface area contributed by atoms with E-state index in [0.717, 1.165) is 17.3 Å². The summed E-state index contributed by atoms with van der Waals surface area (Å²) in [5.74, 6) is 0.715. The number of benzene rings is 1. The summed E-state index contributed by atoms with van der Waals surface area (Å²) in [6, 6.07) is 9.80. The molecule has 0 aliphatic carbocycles. The third-order valence-electron chi connectivity index (χ3n) is 5.79. The molecule has 2 aromatic rings. The van der Waals surface area contributed by atoms with Gasteiger partial charge in [-0.05, 0) is 23.3 Å². The first-order valence-corrected chi connectivity index (χ1v) is 8.54. The van der Waals surface area contributed by atoms with Crippen LogP contribution in [-0.2, 0) is 7.05 Å². The van der Waals surface area contributed by atoms with Crippen LogP contribution in [-0.4, -0.2) is 22.9 Å². The predicted molar refractivity (Wildman–Crippen MR) is 90.2 cm³/mol.